The van der Waals surface area contributed by atoms with Crippen molar-refractivity contribution < 1.29 is 23.9 Å². The quantitative estimate of drug-likeness (QED) is 0.423. The van der Waals surface area contributed by atoms with Gasteiger partial charge in [0.05, 0.1) is 38.9 Å². The van der Waals surface area contributed by atoms with Crippen molar-refractivity contribution in [3.8, 4) is 0 Å². The molecule has 1 aromatic rings. The number of amides is 3. The van der Waals surface area contributed by atoms with Gasteiger partial charge in [0.2, 0.25) is 5.91 Å². The lowest BCUT2D eigenvalue weighted by atomic mass is 10.1. The highest BCUT2D eigenvalue weighted by Crippen LogP contribution is 2.14. The summed E-state index contributed by atoms with van der Waals surface area (Å²) in [6, 6.07) is 7.97. The first kappa shape index (κ1) is 22.1. The Balaban J connectivity index is 1.24. The second-order valence-corrected chi connectivity index (χ2v) is 7.61. The van der Waals surface area contributed by atoms with Gasteiger partial charge in [-0.1, -0.05) is 24.3 Å². The number of ether oxygens (including phenoxy) is 2. The fourth-order valence-electron chi connectivity index (χ4n) is 3.45. The van der Waals surface area contributed by atoms with Crippen molar-refractivity contribution in [1.82, 2.24) is 15.1 Å². The van der Waals surface area contributed by atoms with Crippen LogP contribution in [0.1, 0.15) is 17.5 Å². The highest BCUT2D eigenvalue weighted by molar-refractivity contribution is 6.12. The van der Waals surface area contributed by atoms with Crippen LogP contribution in [0.5, 0.6) is 0 Å². The zero-order valence-electron chi connectivity index (χ0n) is 17.3. The molecule has 1 atom stereocenters. The molecule has 0 saturated carbocycles. The average Bonchev–Trinajstić information content (AvgIpc) is 3.32. The number of nitrogens with one attached hydrogen (secondary N) is 1. The third-order valence-corrected chi connectivity index (χ3v) is 5.25. The van der Waals surface area contributed by atoms with Crippen molar-refractivity contribution in [2.75, 3.05) is 46.5 Å². The molecule has 3 rings (SSSR count). The third-order valence-electron chi connectivity index (χ3n) is 5.25. The van der Waals surface area contributed by atoms with Gasteiger partial charge in [-0.15, -0.1) is 0 Å². The first-order valence-electron chi connectivity index (χ1n) is 10.3. The minimum absolute atomic E-state index is 0.0953. The molecule has 0 radical (unpaired) electrons. The minimum Gasteiger partial charge on any atom is -0.377 e. The summed E-state index contributed by atoms with van der Waals surface area (Å²) in [7, 11) is 2.04. The Bertz CT molecular complexity index is 759. The normalized spacial score (nSPS) is 19.1. The van der Waals surface area contributed by atoms with Crippen LogP contribution in [0.25, 0.3) is 0 Å². The summed E-state index contributed by atoms with van der Waals surface area (Å²) in [5.74, 6) is -0.373. The van der Waals surface area contributed by atoms with E-state index in [9.17, 15) is 14.4 Å². The highest BCUT2D eigenvalue weighted by atomic mass is 16.5. The van der Waals surface area contributed by atoms with E-state index in [-0.39, 0.29) is 30.2 Å². The maximum Gasteiger partial charge on any atom is 0.253 e. The van der Waals surface area contributed by atoms with Crippen LogP contribution in [-0.2, 0) is 37.0 Å². The molecule has 1 fully saturated rings. The molecule has 8 heteroatoms. The van der Waals surface area contributed by atoms with Crippen molar-refractivity contribution in [2.45, 2.75) is 19.6 Å². The van der Waals surface area contributed by atoms with Crippen molar-refractivity contribution in [1.29, 1.82) is 0 Å². The molecule has 1 N–H and O–H groups in total. The Morgan fingerprint density at radius 2 is 1.70 bits per heavy atom. The summed E-state index contributed by atoms with van der Waals surface area (Å²) in [5.41, 5.74) is 2.10. The number of carbonyl (C=O) groups is 3. The van der Waals surface area contributed by atoms with E-state index in [0.29, 0.717) is 33.0 Å². The SMILES string of the molecule is CN1CCC(C(=O)NCc2ccc(COCCOCCN3C(=O)C=CC3=O)cc2)C1. The molecule has 30 heavy (non-hydrogen) atoms. The fraction of sp³-hybridized carbons (Fsp3) is 0.500. The molecule has 2 aliphatic rings. The number of hydrogen-bond donors (Lipinski definition) is 1. The molecule has 0 aliphatic carbocycles. The maximum absolute atomic E-state index is 12.2. The smallest absolute Gasteiger partial charge is 0.253 e. The standard InChI is InChI=1S/C22H29N3O5/c1-24-9-8-19(15-24)22(28)23-14-17-2-4-18(5-3-17)16-30-13-12-29-11-10-25-20(26)6-7-21(25)27/h2-7,19H,8-16H2,1H3,(H,23,28). The van der Waals surface area contributed by atoms with Gasteiger partial charge in [-0.2, -0.15) is 0 Å². The largest absolute Gasteiger partial charge is 0.377 e. The monoisotopic (exact) mass is 415 g/mol. The average molecular weight is 415 g/mol. The zero-order valence-corrected chi connectivity index (χ0v) is 17.3. The molecule has 162 valence electrons. The van der Waals surface area contributed by atoms with Gasteiger partial charge < -0.3 is 19.7 Å². The number of nitrogens with zero attached hydrogens (tertiary/aromatic N) is 2. The van der Waals surface area contributed by atoms with Crippen LogP contribution < -0.4 is 5.32 Å². The Kier molecular flexibility index (Phi) is 8.12. The topological polar surface area (TPSA) is 88.2 Å². The minimum atomic E-state index is -0.297. The van der Waals surface area contributed by atoms with Gasteiger partial charge in [0.1, 0.15) is 0 Å². The second-order valence-electron chi connectivity index (χ2n) is 7.61. The van der Waals surface area contributed by atoms with Gasteiger partial charge in [0.15, 0.2) is 0 Å². The third kappa shape index (κ3) is 6.48. The van der Waals surface area contributed by atoms with E-state index < -0.39 is 0 Å². The van der Waals surface area contributed by atoms with E-state index >= 15 is 0 Å². The highest BCUT2D eigenvalue weighted by Gasteiger charge is 2.25. The van der Waals surface area contributed by atoms with E-state index in [2.05, 4.69) is 10.2 Å². The molecule has 0 aromatic heterocycles. The maximum atomic E-state index is 12.2. The number of benzene rings is 1. The van der Waals surface area contributed by atoms with Gasteiger partial charge in [0, 0.05) is 25.2 Å². The van der Waals surface area contributed by atoms with Gasteiger partial charge in [-0.25, -0.2) is 0 Å². The molecule has 0 spiro atoms. The lowest BCUT2D eigenvalue weighted by Gasteiger charge is -2.13. The van der Waals surface area contributed by atoms with E-state index in [4.69, 9.17) is 9.47 Å². The first-order valence-corrected chi connectivity index (χ1v) is 10.3. The van der Waals surface area contributed by atoms with Crippen LogP contribution >= 0.6 is 0 Å². The number of hydrogen-bond acceptors (Lipinski definition) is 6. The van der Waals surface area contributed by atoms with Crippen molar-refractivity contribution in [3.05, 3.63) is 47.5 Å². The molecule has 2 aliphatic heterocycles. The van der Waals surface area contributed by atoms with E-state index in [0.717, 1.165) is 35.5 Å². The first-order chi connectivity index (χ1) is 14.5. The van der Waals surface area contributed by atoms with E-state index in [1.807, 2.05) is 31.3 Å². The second kappa shape index (κ2) is 11.0. The van der Waals surface area contributed by atoms with Gasteiger partial charge in [-0.3, -0.25) is 19.3 Å². The summed E-state index contributed by atoms with van der Waals surface area (Å²) >= 11 is 0. The molecule has 1 unspecified atom stereocenters. The summed E-state index contributed by atoms with van der Waals surface area (Å²) in [6.45, 7) is 4.17. The summed E-state index contributed by atoms with van der Waals surface area (Å²) in [6.07, 6.45) is 3.45. The molecular formula is C22H29N3O5. The van der Waals surface area contributed by atoms with Crippen molar-refractivity contribution in [2.24, 2.45) is 5.92 Å². The number of carbonyl (C=O) groups excluding carboxylic acids is 3. The number of likely N-dealkylation sites (tertiary alicyclic amines) is 1. The summed E-state index contributed by atoms with van der Waals surface area (Å²) < 4.78 is 11.0. The van der Waals surface area contributed by atoms with Crippen LogP contribution in [0.2, 0.25) is 0 Å². The predicted molar refractivity (Wildman–Crippen MR) is 110 cm³/mol. The lowest BCUT2D eigenvalue weighted by molar-refractivity contribution is -0.137. The van der Waals surface area contributed by atoms with Gasteiger partial charge >= 0.3 is 0 Å². The molecule has 1 saturated heterocycles. The van der Waals surface area contributed by atoms with Crippen LogP contribution in [0.4, 0.5) is 0 Å². The summed E-state index contributed by atoms with van der Waals surface area (Å²) in [5, 5.41) is 3.02. The molecule has 1 aromatic carbocycles. The van der Waals surface area contributed by atoms with Gasteiger partial charge in [0.25, 0.3) is 11.8 Å². The Hall–Kier alpha value is -2.55. The van der Waals surface area contributed by atoms with Crippen LogP contribution in [0, 0.1) is 5.92 Å². The van der Waals surface area contributed by atoms with Gasteiger partial charge in [-0.05, 0) is 31.1 Å². The molecule has 2 heterocycles. The molecule has 0 bridgehead atoms. The number of imide groups is 1. The van der Waals surface area contributed by atoms with E-state index in [1.165, 1.54) is 12.2 Å². The lowest BCUT2D eigenvalue weighted by Crippen LogP contribution is -2.33. The molecule has 8 nitrogen and oxygen atoms in total. The van der Waals surface area contributed by atoms with Crippen LogP contribution in [0.15, 0.2) is 36.4 Å². The predicted octanol–water partition coefficient (Wildman–Crippen LogP) is 0.713. The van der Waals surface area contributed by atoms with Crippen LogP contribution in [-0.4, -0.2) is 74.0 Å². The Morgan fingerprint density at radius 3 is 2.37 bits per heavy atom. The Morgan fingerprint density at radius 1 is 1.03 bits per heavy atom. The van der Waals surface area contributed by atoms with Crippen LogP contribution in [0.3, 0.4) is 0 Å². The summed E-state index contributed by atoms with van der Waals surface area (Å²) in [4.78, 5) is 38.3. The van der Waals surface area contributed by atoms with Crippen molar-refractivity contribution in [3.63, 3.8) is 0 Å². The fourth-order valence-corrected chi connectivity index (χ4v) is 3.45. The molecule has 3 amide bonds. The van der Waals surface area contributed by atoms with E-state index in [1.54, 1.807) is 0 Å². The number of rotatable bonds is 11. The molecular weight excluding hydrogens is 386 g/mol. The van der Waals surface area contributed by atoms with Crippen molar-refractivity contribution >= 4 is 17.7 Å². The Labute approximate surface area is 176 Å². The zero-order chi connectivity index (χ0) is 21.3.